The molecule has 0 amide bonds. The molecule has 1 saturated heterocycles. The molecule has 0 bridgehead atoms. The highest BCUT2D eigenvalue weighted by Crippen LogP contribution is 2.31. The first-order valence-electron chi connectivity index (χ1n) is 6.72. The Kier molecular flexibility index (Phi) is 3.15. The van der Waals surface area contributed by atoms with Crippen LogP contribution in [0, 0.1) is 0 Å². The molecule has 0 atom stereocenters. The Labute approximate surface area is 108 Å². The molecule has 0 unspecified atom stereocenters. The average molecular weight is 241 g/mol. The van der Waals surface area contributed by atoms with Crippen LogP contribution in [0.4, 0.5) is 5.69 Å². The largest absolute Gasteiger partial charge is 0.371 e. The van der Waals surface area contributed by atoms with E-state index in [0.717, 1.165) is 25.2 Å². The lowest BCUT2D eigenvalue weighted by Crippen LogP contribution is -2.18. The number of fused-ring (bicyclic) bond motifs is 1. The van der Waals surface area contributed by atoms with Crippen molar-refractivity contribution in [2.24, 2.45) is 5.73 Å². The van der Waals surface area contributed by atoms with Crippen molar-refractivity contribution in [3.63, 3.8) is 0 Å². The molecule has 0 radical (unpaired) electrons. The van der Waals surface area contributed by atoms with Gasteiger partial charge in [0.2, 0.25) is 0 Å². The van der Waals surface area contributed by atoms with E-state index in [9.17, 15) is 0 Å². The second kappa shape index (κ2) is 4.94. The molecular formula is C15H19N3. The van der Waals surface area contributed by atoms with Gasteiger partial charge >= 0.3 is 0 Å². The van der Waals surface area contributed by atoms with Crippen molar-refractivity contribution in [1.82, 2.24) is 4.98 Å². The molecule has 0 spiro atoms. The molecule has 1 aliphatic rings. The maximum atomic E-state index is 5.70. The van der Waals surface area contributed by atoms with E-state index < -0.39 is 0 Å². The maximum Gasteiger partial charge on any atom is 0.0515 e. The zero-order valence-electron chi connectivity index (χ0n) is 10.6. The van der Waals surface area contributed by atoms with Crippen LogP contribution < -0.4 is 10.6 Å². The number of pyridine rings is 1. The van der Waals surface area contributed by atoms with Gasteiger partial charge < -0.3 is 10.6 Å². The van der Waals surface area contributed by atoms with Crippen LogP contribution in [-0.2, 0) is 6.42 Å². The SMILES string of the molecule is NCCc1nccc2cccc(N3CCCC3)c12. The first-order chi connectivity index (χ1) is 8.90. The zero-order chi connectivity index (χ0) is 12.4. The Bertz CT molecular complexity index is 539. The molecule has 3 heteroatoms. The van der Waals surface area contributed by atoms with Crippen LogP contribution in [0.1, 0.15) is 18.5 Å². The Morgan fingerprint density at radius 2 is 2.00 bits per heavy atom. The fraction of sp³-hybridized carbons (Fsp3) is 0.400. The molecule has 2 aromatic rings. The van der Waals surface area contributed by atoms with Gasteiger partial charge in [-0.3, -0.25) is 4.98 Å². The molecule has 18 heavy (non-hydrogen) atoms. The van der Waals surface area contributed by atoms with Crippen molar-refractivity contribution >= 4 is 16.5 Å². The van der Waals surface area contributed by atoms with Crippen molar-refractivity contribution in [3.05, 3.63) is 36.2 Å². The summed E-state index contributed by atoms with van der Waals surface area (Å²) in [5, 5.41) is 2.57. The minimum atomic E-state index is 0.653. The number of anilines is 1. The summed E-state index contributed by atoms with van der Waals surface area (Å²) in [6.07, 6.45) is 5.33. The second-order valence-electron chi connectivity index (χ2n) is 4.87. The van der Waals surface area contributed by atoms with Gasteiger partial charge in [-0.05, 0) is 36.9 Å². The highest BCUT2D eigenvalue weighted by atomic mass is 15.1. The number of nitrogens with two attached hydrogens (primary N) is 1. The summed E-state index contributed by atoms with van der Waals surface area (Å²) in [7, 11) is 0. The van der Waals surface area contributed by atoms with E-state index in [-0.39, 0.29) is 0 Å². The van der Waals surface area contributed by atoms with Gasteiger partial charge in [0.25, 0.3) is 0 Å². The van der Waals surface area contributed by atoms with Gasteiger partial charge in [-0.15, -0.1) is 0 Å². The van der Waals surface area contributed by atoms with Crippen LogP contribution >= 0.6 is 0 Å². The van der Waals surface area contributed by atoms with E-state index in [0.29, 0.717) is 6.54 Å². The third kappa shape index (κ3) is 1.95. The minimum absolute atomic E-state index is 0.653. The third-order valence-corrected chi connectivity index (χ3v) is 3.68. The lowest BCUT2D eigenvalue weighted by molar-refractivity contribution is 0.928. The van der Waals surface area contributed by atoms with E-state index in [1.165, 1.54) is 29.3 Å². The van der Waals surface area contributed by atoms with Gasteiger partial charge in [0, 0.05) is 36.8 Å². The average Bonchev–Trinajstić information content (AvgIpc) is 2.92. The molecule has 0 aliphatic carbocycles. The molecule has 3 nitrogen and oxygen atoms in total. The number of nitrogens with zero attached hydrogens (tertiary/aromatic N) is 2. The van der Waals surface area contributed by atoms with Crippen LogP contribution in [0.25, 0.3) is 10.8 Å². The number of hydrogen-bond acceptors (Lipinski definition) is 3. The van der Waals surface area contributed by atoms with Gasteiger partial charge in [0.15, 0.2) is 0 Å². The highest BCUT2D eigenvalue weighted by molar-refractivity contribution is 5.96. The second-order valence-corrected chi connectivity index (χ2v) is 4.87. The van der Waals surface area contributed by atoms with Crippen LogP contribution in [0.5, 0.6) is 0 Å². The van der Waals surface area contributed by atoms with Gasteiger partial charge in [-0.2, -0.15) is 0 Å². The first-order valence-corrected chi connectivity index (χ1v) is 6.72. The quantitative estimate of drug-likeness (QED) is 0.896. The van der Waals surface area contributed by atoms with Crippen molar-refractivity contribution in [2.45, 2.75) is 19.3 Å². The normalized spacial score (nSPS) is 15.5. The monoisotopic (exact) mass is 241 g/mol. The summed E-state index contributed by atoms with van der Waals surface area (Å²) in [6.45, 7) is 2.98. The Morgan fingerprint density at radius 3 is 2.78 bits per heavy atom. The van der Waals surface area contributed by atoms with Gasteiger partial charge in [-0.25, -0.2) is 0 Å². The number of aromatic nitrogens is 1. The molecule has 1 aliphatic heterocycles. The van der Waals surface area contributed by atoms with Crippen LogP contribution in [0.3, 0.4) is 0 Å². The molecule has 1 aromatic heterocycles. The molecule has 1 aromatic carbocycles. The van der Waals surface area contributed by atoms with E-state index in [2.05, 4.69) is 34.1 Å². The molecule has 2 heterocycles. The molecule has 3 rings (SSSR count). The van der Waals surface area contributed by atoms with E-state index in [1.807, 2.05) is 6.20 Å². The molecule has 1 fully saturated rings. The van der Waals surface area contributed by atoms with Crippen molar-refractivity contribution in [3.8, 4) is 0 Å². The van der Waals surface area contributed by atoms with Gasteiger partial charge in [0.1, 0.15) is 0 Å². The summed E-state index contributed by atoms with van der Waals surface area (Å²) >= 11 is 0. The van der Waals surface area contributed by atoms with E-state index in [4.69, 9.17) is 5.73 Å². The van der Waals surface area contributed by atoms with Crippen LogP contribution in [0.2, 0.25) is 0 Å². The maximum absolute atomic E-state index is 5.70. The first kappa shape index (κ1) is 11.5. The van der Waals surface area contributed by atoms with Crippen LogP contribution in [0.15, 0.2) is 30.5 Å². The summed E-state index contributed by atoms with van der Waals surface area (Å²) in [6, 6.07) is 8.61. The molecule has 94 valence electrons. The lowest BCUT2D eigenvalue weighted by atomic mass is 10.1. The molecule has 0 saturated carbocycles. The molecule has 2 N–H and O–H groups in total. The number of benzene rings is 1. The minimum Gasteiger partial charge on any atom is -0.371 e. The van der Waals surface area contributed by atoms with E-state index in [1.54, 1.807) is 0 Å². The fourth-order valence-corrected chi connectivity index (χ4v) is 2.83. The lowest BCUT2D eigenvalue weighted by Gasteiger charge is -2.21. The number of rotatable bonds is 3. The van der Waals surface area contributed by atoms with Crippen molar-refractivity contribution < 1.29 is 0 Å². The predicted molar refractivity (Wildman–Crippen MR) is 75.9 cm³/mol. The topological polar surface area (TPSA) is 42.1 Å². The Hall–Kier alpha value is -1.61. The van der Waals surface area contributed by atoms with Crippen molar-refractivity contribution in [2.75, 3.05) is 24.5 Å². The van der Waals surface area contributed by atoms with E-state index >= 15 is 0 Å². The van der Waals surface area contributed by atoms with Crippen molar-refractivity contribution in [1.29, 1.82) is 0 Å². The standard InChI is InChI=1S/C15H19N3/c16-8-6-13-15-12(7-9-17-13)4-3-5-14(15)18-10-1-2-11-18/h3-5,7,9H,1-2,6,8,10-11,16H2. The zero-order valence-corrected chi connectivity index (χ0v) is 10.6. The summed E-state index contributed by atoms with van der Waals surface area (Å²) in [5.41, 5.74) is 8.17. The summed E-state index contributed by atoms with van der Waals surface area (Å²) in [5.74, 6) is 0. The van der Waals surface area contributed by atoms with Gasteiger partial charge in [-0.1, -0.05) is 12.1 Å². The molecular weight excluding hydrogens is 222 g/mol. The predicted octanol–water partition coefficient (Wildman–Crippen LogP) is 2.34. The van der Waals surface area contributed by atoms with Gasteiger partial charge in [0.05, 0.1) is 5.69 Å². The number of hydrogen-bond donors (Lipinski definition) is 1. The third-order valence-electron chi connectivity index (χ3n) is 3.68. The fourth-order valence-electron chi connectivity index (χ4n) is 2.83. The Balaban J connectivity index is 2.17. The summed E-state index contributed by atoms with van der Waals surface area (Å²) in [4.78, 5) is 7.00. The van der Waals surface area contributed by atoms with Crippen LogP contribution in [-0.4, -0.2) is 24.6 Å². The smallest absolute Gasteiger partial charge is 0.0515 e. The Morgan fingerprint density at radius 1 is 1.17 bits per heavy atom. The highest BCUT2D eigenvalue weighted by Gasteiger charge is 2.16. The summed E-state index contributed by atoms with van der Waals surface area (Å²) < 4.78 is 0.